The third-order valence-corrected chi connectivity index (χ3v) is 3.44. The van der Waals surface area contributed by atoms with Gasteiger partial charge in [-0.15, -0.1) is 0 Å². The van der Waals surface area contributed by atoms with Gasteiger partial charge in [0.1, 0.15) is 18.8 Å². The van der Waals surface area contributed by atoms with Crippen LogP contribution in [0.4, 0.5) is 0 Å². The summed E-state index contributed by atoms with van der Waals surface area (Å²) in [6.45, 7) is 5.66. The third kappa shape index (κ3) is 2.72. The molecule has 0 aromatic heterocycles. The van der Waals surface area contributed by atoms with Crippen LogP contribution in [0.25, 0.3) is 0 Å². The molecule has 5 heteroatoms. The molecular formula is C15H21NO4. The summed E-state index contributed by atoms with van der Waals surface area (Å²) in [4.78, 5) is 12.2. The van der Waals surface area contributed by atoms with Crippen LogP contribution >= 0.6 is 0 Å². The van der Waals surface area contributed by atoms with Gasteiger partial charge in [-0.1, -0.05) is 13.0 Å². The number of methoxy groups -OCH3 is 1. The van der Waals surface area contributed by atoms with E-state index in [1.165, 1.54) is 7.11 Å². The largest absolute Gasteiger partial charge is 0.486 e. The van der Waals surface area contributed by atoms with Crippen LogP contribution in [0.15, 0.2) is 18.2 Å². The van der Waals surface area contributed by atoms with Crippen LogP contribution in [0.2, 0.25) is 0 Å². The number of esters is 1. The van der Waals surface area contributed by atoms with Gasteiger partial charge in [0.2, 0.25) is 0 Å². The van der Waals surface area contributed by atoms with Gasteiger partial charge in [0.05, 0.1) is 7.11 Å². The van der Waals surface area contributed by atoms with Gasteiger partial charge in [-0.3, -0.25) is 5.32 Å². The van der Waals surface area contributed by atoms with Crippen LogP contribution in [0.3, 0.4) is 0 Å². The molecule has 1 heterocycles. The quantitative estimate of drug-likeness (QED) is 0.834. The van der Waals surface area contributed by atoms with Crippen molar-refractivity contribution in [3.8, 4) is 11.5 Å². The topological polar surface area (TPSA) is 56.8 Å². The molecule has 0 bridgehead atoms. The van der Waals surface area contributed by atoms with Crippen LogP contribution < -0.4 is 14.8 Å². The van der Waals surface area contributed by atoms with E-state index >= 15 is 0 Å². The smallest absolute Gasteiger partial charge is 0.330 e. The highest BCUT2D eigenvalue weighted by Gasteiger charge is 2.36. The molecule has 110 valence electrons. The molecule has 1 atom stereocenters. The molecule has 2 rings (SSSR count). The number of benzene rings is 1. The highest BCUT2D eigenvalue weighted by molar-refractivity contribution is 5.82. The van der Waals surface area contributed by atoms with Gasteiger partial charge in [0.25, 0.3) is 0 Å². The Kier molecular flexibility index (Phi) is 4.49. The minimum Gasteiger partial charge on any atom is -0.486 e. The second-order valence-electron chi connectivity index (χ2n) is 4.90. The summed E-state index contributed by atoms with van der Waals surface area (Å²) >= 11 is 0. The van der Waals surface area contributed by atoms with E-state index < -0.39 is 5.54 Å². The Hall–Kier alpha value is -1.75. The van der Waals surface area contributed by atoms with Crippen molar-refractivity contribution in [1.82, 2.24) is 5.32 Å². The minimum atomic E-state index is -0.888. The fraction of sp³-hybridized carbons (Fsp3) is 0.533. The number of hydrogen-bond donors (Lipinski definition) is 1. The Bertz CT molecular complexity index is 489. The Morgan fingerprint density at radius 2 is 2.05 bits per heavy atom. The van der Waals surface area contributed by atoms with E-state index in [2.05, 4.69) is 12.2 Å². The number of fused-ring (bicyclic) bond motifs is 1. The van der Waals surface area contributed by atoms with Crippen molar-refractivity contribution in [3.63, 3.8) is 0 Å². The number of carbonyl (C=O) groups is 1. The molecule has 0 saturated carbocycles. The summed E-state index contributed by atoms with van der Waals surface area (Å²) in [5, 5.41) is 3.25. The summed E-state index contributed by atoms with van der Waals surface area (Å²) in [6, 6.07) is 5.54. The van der Waals surface area contributed by atoms with Crippen LogP contribution in [0, 0.1) is 0 Å². The maximum Gasteiger partial charge on any atom is 0.330 e. The maximum absolute atomic E-state index is 12.2. The number of nitrogens with one attached hydrogen (secondary N) is 1. The average molecular weight is 279 g/mol. The van der Waals surface area contributed by atoms with Crippen molar-refractivity contribution in [2.24, 2.45) is 0 Å². The first-order valence-corrected chi connectivity index (χ1v) is 6.85. The van der Waals surface area contributed by atoms with Gasteiger partial charge in [-0.25, -0.2) is 4.79 Å². The first-order chi connectivity index (χ1) is 9.61. The molecule has 5 nitrogen and oxygen atoms in total. The molecule has 1 aromatic carbocycles. The monoisotopic (exact) mass is 279 g/mol. The van der Waals surface area contributed by atoms with Crippen LogP contribution in [0.1, 0.15) is 25.8 Å². The molecule has 0 amide bonds. The molecule has 0 fully saturated rings. The molecule has 0 spiro atoms. The van der Waals surface area contributed by atoms with E-state index in [4.69, 9.17) is 14.2 Å². The van der Waals surface area contributed by atoms with Crippen molar-refractivity contribution in [1.29, 1.82) is 0 Å². The molecule has 1 aromatic rings. The summed E-state index contributed by atoms with van der Waals surface area (Å²) in [5.41, 5.74) is -0.0808. The first-order valence-electron chi connectivity index (χ1n) is 6.85. The first kappa shape index (κ1) is 14.7. The molecule has 20 heavy (non-hydrogen) atoms. The number of hydrogen-bond acceptors (Lipinski definition) is 5. The third-order valence-electron chi connectivity index (χ3n) is 3.44. The normalized spacial score (nSPS) is 16.4. The molecule has 1 unspecified atom stereocenters. The highest BCUT2D eigenvalue weighted by atomic mass is 16.6. The van der Waals surface area contributed by atoms with Gasteiger partial charge in [-0.05, 0) is 37.6 Å². The van der Waals surface area contributed by atoms with Crippen molar-refractivity contribution < 1.29 is 19.0 Å². The van der Waals surface area contributed by atoms with Crippen molar-refractivity contribution >= 4 is 5.97 Å². The second kappa shape index (κ2) is 6.13. The van der Waals surface area contributed by atoms with E-state index in [1.54, 1.807) is 0 Å². The lowest BCUT2D eigenvalue weighted by atomic mass is 9.91. The lowest BCUT2D eigenvalue weighted by Gasteiger charge is -2.29. The fourth-order valence-corrected chi connectivity index (χ4v) is 2.23. The van der Waals surface area contributed by atoms with Crippen LogP contribution in [-0.4, -0.2) is 32.8 Å². The van der Waals surface area contributed by atoms with Gasteiger partial charge in [0.15, 0.2) is 11.5 Å². The Labute approximate surface area is 119 Å². The molecule has 0 saturated heterocycles. The van der Waals surface area contributed by atoms with Crippen molar-refractivity contribution in [3.05, 3.63) is 23.8 Å². The van der Waals surface area contributed by atoms with Crippen molar-refractivity contribution in [2.75, 3.05) is 26.9 Å². The lowest BCUT2D eigenvalue weighted by molar-refractivity contribution is -0.148. The van der Waals surface area contributed by atoms with E-state index in [9.17, 15) is 4.79 Å². The van der Waals surface area contributed by atoms with Gasteiger partial charge in [-0.2, -0.15) is 0 Å². The SMILES string of the molecule is CCCNC(C)(C(=O)OC)c1ccc2c(c1)OCCO2. The second-order valence-corrected chi connectivity index (χ2v) is 4.90. The van der Waals surface area contributed by atoms with Crippen molar-refractivity contribution in [2.45, 2.75) is 25.8 Å². The van der Waals surface area contributed by atoms with Crippen LogP contribution in [-0.2, 0) is 15.1 Å². The average Bonchev–Trinajstić information content (AvgIpc) is 2.51. The highest BCUT2D eigenvalue weighted by Crippen LogP contribution is 2.34. The number of carbonyl (C=O) groups excluding carboxylic acids is 1. The standard InChI is InChI=1S/C15H21NO4/c1-4-7-16-15(2,14(17)18-3)11-5-6-12-13(10-11)20-9-8-19-12/h5-6,10,16H,4,7-9H2,1-3H3. The number of ether oxygens (including phenoxy) is 3. The molecule has 1 aliphatic heterocycles. The van der Waals surface area contributed by atoms with E-state index in [-0.39, 0.29) is 5.97 Å². The van der Waals surface area contributed by atoms with Gasteiger partial charge >= 0.3 is 5.97 Å². The molecule has 0 aliphatic carbocycles. The van der Waals surface area contributed by atoms with Gasteiger partial charge < -0.3 is 14.2 Å². The molecular weight excluding hydrogens is 258 g/mol. The Balaban J connectivity index is 2.35. The summed E-state index contributed by atoms with van der Waals surface area (Å²) in [7, 11) is 1.40. The van der Waals surface area contributed by atoms with E-state index in [1.807, 2.05) is 25.1 Å². The predicted molar refractivity (Wildman–Crippen MR) is 75.1 cm³/mol. The molecule has 1 N–H and O–H groups in total. The Morgan fingerprint density at radius 1 is 1.35 bits per heavy atom. The summed E-state index contributed by atoms with van der Waals surface area (Å²) in [5.74, 6) is 1.06. The summed E-state index contributed by atoms with van der Waals surface area (Å²) in [6.07, 6.45) is 0.928. The predicted octanol–water partition coefficient (Wildman–Crippen LogP) is 1.85. The van der Waals surface area contributed by atoms with Gasteiger partial charge in [0, 0.05) is 0 Å². The fourth-order valence-electron chi connectivity index (χ4n) is 2.23. The van der Waals surface area contributed by atoms with E-state index in [0.29, 0.717) is 24.7 Å². The minimum absolute atomic E-state index is 0.317. The molecule has 1 aliphatic rings. The molecule has 0 radical (unpaired) electrons. The maximum atomic E-state index is 12.2. The summed E-state index contributed by atoms with van der Waals surface area (Å²) < 4.78 is 16.0. The lowest BCUT2D eigenvalue weighted by Crippen LogP contribution is -2.47. The zero-order valence-electron chi connectivity index (χ0n) is 12.2. The Morgan fingerprint density at radius 3 is 2.70 bits per heavy atom. The van der Waals surface area contributed by atoms with E-state index in [0.717, 1.165) is 18.5 Å². The zero-order chi connectivity index (χ0) is 14.6. The van der Waals surface area contributed by atoms with Crippen LogP contribution in [0.5, 0.6) is 11.5 Å². The zero-order valence-corrected chi connectivity index (χ0v) is 12.2. The number of rotatable bonds is 5.